The Kier molecular flexibility index (Phi) is 3.47. The average molecular weight is 270 g/mol. The molecule has 2 nitrogen and oxygen atoms in total. The van der Waals surface area contributed by atoms with Crippen molar-refractivity contribution < 1.29 is 13.2 Å². The summed E-state index contributed by atoms with van der Waals surface area (Å²) in [7, 11) is 0. The molecule has 2 N–H and O–H groups in total. The molecule has 0 radical (unpaired) electrons. The minimum absolute atomic E-state index is 0.0945. The fraction of sp³-hybridized carbons (Fsp3) is 0.0833. The van der Waals surface area contributed by atoms with Gasteiger partial charge in [0.05, 0.1) is 5.56 Å². The Bertz CT molecular complexity index is 555. The van der Waals surface area contributed by atoms with E-state index in [9.17, 15) is 13.2 Å². The van der Waals surface area contributed by atoms with Gasteiger partial charge in [-0.3, -0.25) is 0 Å². The fourth-order valence-electron chi connectivity index (χ4n) is 1.37. The van der Waals surface area contributed by atoms with Gasteiger partial charge in [-0.05, 0) is 24.3 Å². The van der Waals surface area contributed by atoms with E-state index in [1.54, 1.807) is 24.3 Å². The number of anilines is 1. The molecular formula is C12H9F3N2S. The molecule has 1 heterocycles. The highest BCUT2D eigenvalue weighted by atomic mass is 32.2. The molecule has 0 aliphatic heterocycles. The molecule has 0 unspecified atom stereocenters. The summed E-state index contributed by atoms with van der Waals surface area (Å²) in [5, 5.41) is -0.0945. The minimum atomic E-state index is -4.42. The molecule has 18 heavy (non-hydrogen) atoms. The van der Waals surface area contributed by atoms with Gasteiger partial charge >= 0.3 is 6.18 Å². The highest BCUT2D eigenvalue weighted by Crippen LogP contribution is 2.39. The van der Waals surface area contributed by atoms with Crippen LogP contribution in [-0.4, -0.2) is 4.98 Å². The molecule has 1 aromatic heterocycles. The maximum absolute atomic E-state index is 12.8. The molecule has 0 amide bonds. The van der Waals surface area contributed by atoms with Crippen molar-refractivity contribution in [1.29, 1.82) is 0 Å². The zero-order valence-corrected chi connectivity index (χ0v) is 9.92. The molecule has 0 fully saturated rings. The van der Waals surface area contributed by atoms with Gasteiger partial charge in [-0.25, -0.2) is 4.98 Å². The molecule has 2 rings (SSSR count). The number of nitrogens with zero attached hydrogens (tertiary/aromatic N) is 1. The van der Waals surface area contributed by atoms with Crippen LogP contribution in [0.1, 0.15) is 5.56 Å². The number of para-hydroxylation sites is 1. The van der Waals surface area contributed by atoms with Crippen molar-refractivity contribution in [3.8, 4) is 0 Å². The first-order valence-electron chi connectivity index (χ1n) is 5.03. The molecule has 0 aliphatic carbocycles. The second-order valence-electron chi connectivity index (χ2n) is 3.49. The number of nitrogens with two attached hydrogens (primary N) is 1. The smallest absolute Gasteiger partial charge is 0.398 e. The predicted molar refractivity (Wildman–Crippen MR) is 64.2 cm³/mol. The molecule has 0 aliphatic rings. The zero-order chi connectivity index (χ0) is 13.2. The topological polar surface area (TPSA) is 38.9 Å². The Balaban J connectivity index is 2.39. The molecule has 6 heteroatoms. The van der Waals surface area contributed by atoms with Crippen molar-refractivity contribution in [2.24, 2.45) is 0 Å². The third-order valence-corrected chi connectivity index (χ3v) is 3.31. The van der Waals surface area contributed by atoms with Gasteiger partial charge in [0, 0.05) is 16.8 Å². The number of nitrogen functional groups attached to an aromatic ring is 1. The number of pyridine rings is 1. The molecule has 1 aromatic carbocycles. The van der Waals surface area contributed by atoms with Crippen LogP contribution in [0.3, 0.4) is 0 Å². The van der Waals surface area contributed by atoms with Crippen LogP contribution in [0.5, 0.6) is 0 Å². The third kappa shape index (κ3) is 2.76. The normalized spacial score (nSPS) is 11.5. The summed E-state index contributed by atoms with van der Waals surface area (Å²) in [4.78, 5) is 4.33. The molecule has 0 atom stereocenters. The number of aromatic nitrogens is 1. The Hall–Kier alpha value is -1.69. The lowest BCUT2D eigenvalue weighted by atomic mass is 10.3. The molecule has 0 spiro atoms. The predicted octanol–water partition coefficient (Wildman–Crippen LogP) is 3.83. The molecule has 0 saturated carbocycles. The molecular weight excluding hydrogens is 261 g/mol. The van der Waals surface area contributed by atoms with E-state index in [0.29, 0.717) is 10.6 Å². The van der Waals surface area contributed by atoms with Gasteiger partial charge in [0.2, 0.25) is 0 Å². The lowest BCUT2D eigenvalue weighted by Crippen LogP contribution is -2.07. The van der Waals surface area contributed by atoms with Gasteiger partial charge in [-0.2, -0.15) is 13.2 Å². The zero-order valence-electron chi connectivity index (χ0n) is 9.11. The van der Waals surface area contributed by atoms with Crippen LogP contribution in [0.25, 0.3) is 0 Å². The first-order valence-corrected chi connectivity index (χ1v) is 5.84. The summed E-state index contributed by atoms with van der Waals surface area (Å²) in [5.74, 6) is 0. The van der Waals surface area contributed by atoms with Gasteiger partial charge in [-0.1, -0.05) is 23.9 Å². The van der Waals surface area contributed by atoms with Crippen LogP contribution in [0.4, 0.5) is 18.9 Å². The van der Waals surface area contributed by atoms with Gasteiger partial charge in [0.1, 0.15) is 5.03 Å². The van der Waals surface area contributed by atoms with Crippen LogP contribution in [0.15, 0.2) is 52.5 Å². The summed E-state index contributed by atoms with van der Waals surface area (Å²) < 4.78 is 38.3. The van der Waals surface area contributed by atoms with Crippen molar-refractivity contribution >= 4 is 17.4 Å². The number of halogens is 3. The average Bonchev–Trinajstić information content (AvgIpc) is 2.31. The maximum Gasteiger partial charge on any atom is 0.419 e. The van der Waals surface area contributed by atoms with Crippen molar-refractivity contribution in [1.82, 2.24) is 4.98 Å². The lowest BCUT2D eigenvalue weighted by Gasteiger charge is -2.11. The lowest BCUT2D eigenvalue weighted by molar-refractivity contribution is -0.140. The molecule has 94 valence electrons. The Morgan fingerprint density at radius 1 is 1.06 bits per heavy atom. The van der Waals surface area contributed by atoms with E-state index in [1.807, 2.05) is 0 Å². The Labute approximate surface area is 106 Å². The number of hydrogen-bond acceptors (Lipinski definition) is 3. The van der Waals surface area contributed by atoms with E-state index in [1.165, 1.54) is 12.3 Å². The van der Waals surface area contributed by atoms with E-state index in [4.69, 9.17) is 5.73 Å². The number of rotatable bonds is 2. The highest BCUT2D eigenvalue weighted by molar-refractivity contribution is 7.99. The van der Waals surface area contributed by atoms with E-state index in [-0.39, 0.29) is 5.03 Å². The van der Waals surface area contributed by atoms with Gasteiger partial charge in [-0.15, -0.1) is 0 Å². The van der Waals surface area contributed by atoms with Gasteiger partial charge < -0.3 is 5.73 Å². The van der Waals surface area contributed by atoms with Crippen LogP contribution in [0, 0.1) is 0 Å². The molecule has 0 bridgehead atoms. The highest BCUT2D eigenvalue weighted by Gasteiger charge is 2.34. The van der Waals surface area contributed by atoms with Crippen LogP contribution in [-0.2, 0) is 6.18 Å². The molecule has 2 aromatic rings. The van der Waals surface area contributed by atoms with Crippen LogP contribution in [0.2, 0.25) is 0 Å². The largest absolute Gasteiger partial charge is 0.419 e. The summed E-state index contributed by atoms with van der Waals surface area (Å²) in [6.45, 7) is 0. The minimum Gasteiger partial charge on any atom is -0.398 e. The first kappa shape index (κ1) is 12.8. The van der Waals surface area contributed by atoms with Crippen molar-refractivity contribution in [2.45, 2.75) is 16.1 Å². The summed E-state index contributed by atoms with van der Waals surface area (Å²) in [5.41, 5.74) is 5.38. The van der Waals surface area contributed by atoms with Crippen molar-refractivity contribution in [2.75, 3.05) is 5.73 Å². The SMILES string of the molecule is Nc1ccccc1Sc1ncccc1C(F)(F)F. The Morgan fingerprint density at radius 3 is 2.44 bits per heavy atom. The van der Waals surface area contributed by atoms with E-state index in [0.717, 1.165) is 17.8 Å². The number of alkyl halides is 3. The summed E-state index contributed by atoms with van der Waals surface area (Å²) >= 11 is 0.912. The second kappa shape index (κ2) is 4.89. The standard InChI is InChI=1S/C12H9F3N2S/c13-12(14,15)8-4-3-7-17-11(8)18-10-6-2-1-5-9(10)16/h1-7H,16H2. The fourth-order valence-corrected chi connectivity index (χ4v) is 2.31. The second-order valence-corrected chi connectivity index (χ2v) is 4.52. The summed E-state index contributed by atoms with van der Waals surface area (Å²) in [6, 6.07) is 9.01. The van der Waals surface area contributed by atoms with Gasteiger partial charge in [0.25, 0.3) is 0 Å². The van der Waals surface area contributed by atoms with E-state index >= 15 is 0 Å². The number of benzene rings is 1. The van der Waals surface area contributed by atoms with E-state index < -0.39 is 11.7 Å². The van der Waals surface area contributed by atoms with Gasteiger partial charge in [0.15, 0.2) is 0 Å². The number of hydrogen-bond donors (Lipinski definition) is 1. The van der Waals surface area contributed by atoms with Crippen LogP contribution < -0.4 is 5.73 Å². The van der Waals surface area contributed by atoms with E-state index in [2.05, 4.69) is 4.98 Å². The third-order valence-electron chi connectivity index (χ3n) is 2.20. The van der Waals surface area contributed by atoms with Crippen LogP contribution >= 0.6 is 11.8 Å². The monoisotopic (exact) mass is 270 g/mol. The molecule has 0 saturated heterocycles. The van der Waals surface area contributed by atoms with Crippen molar-refractivity contribution in [3.05, 3.63) is 48.2 Å². The maximum atomic E-state index is 12.8. The Morgan fingerprint density at radius 2 is 1.78 bits per heavy atom. The van der Waals surface area contributed by atoms with Crippen molar-refractivity contribution in [3.63, 3.8) is 0 Å². The quantitative estimate of drug-likeness (QED) is 0.843. The first-order chi connectivity index (χ1) is 8.48. The summed E-state index contributed by atoms with van der Waals surface area (Å²) in [6.07, 6.45) is -3.09.